The Morgan fingerprint density at radius 1 is 1.39 bits per heavy atom. The lowest BCUT2D eigenvalue weighted by molar-refractivity contribution is -0.143. The Labute approximate surface area is 136 Å². The fourth-order valence-corrected chi connectivity index (χ4v) is 3.57. The first-order chi connectivity index (χ1) is 11.0. The van der Waals surface area contributed by atoms with Crippen LogP contribution in [0.4, 0.5) is 0 Å². The molecule has 0 amide bonds. The van der Waals surface area contributed by atoms with Crippen LogP contribution < -0.4 is 5.32 Å². The number of carboxylic acids is 1. The highest BCUT2D eigenvalue weighted by atomic mass is 16.4. The molecular weight excluding hydrogens is 290 g/mol. The Morgan fingerprint density at radius 3 is 2.87 bits per heavy atom. The molecule has 1 aliphatic rings. The van der Waals surface area contributed by atoms with Gasteiger partial charge in [0.2, 0.25) is 0 Å². The number of fused-ring (bicyclic) bond motifs is 1. The smallest absolute Gasteiger partial charge is 0.307 e. The minimum absolute atomic E-state index is 0.213. The lowest BCUT2D eigenvalue weighted by Crippen LogP contribution is -2.27. The van der Waals surface area contributed by atoms with E-state index in [9.17, 15) is 9.90 Å². The second kappa shape index (κ2) is 6.75. The third-order valence-electron chi connectivity index (χ3n) is 4.74. The van der Waals surface area contributed by atoms with Gasteiger partial charge in [-0.25, -0.2) is 0 Å². The van der Waals surface area contributed by atoms with Crippen molar-refractivity contribution in [1.82, 2.24) is 5.32 Å². The third kappa shape index (κ3) is 3.58. The lowest BCUT2D eigenvalue weighted by atomic mass is 9.85. The normalized spacial score (nSPS) is 19.5. The molecule has 0 unspecified atom stereocenters. The van der Waals surface area contributed by atoms with Crippen molar-refractivity contribution in [2.75, 3.05) is 13.1 Å². The Balaban J connectivity index is 1.88. The van der Waals surface area contributed by atoms with E-state index in [0.717, 1.165) is 48.2 Å². The van der Waals surface area contributed by atoms with Crippen molar-refractivity contribution in [3.8, 4) is 0 Å². The number of carbonyl (C=O) groups is 1. The summed E-state index contributed by atoms with van der Waals surface area (Å²) in [6.07, 6.45) is 2.42. The van der Waals surface area contributed by atoms with E-state index in [1.165, 1.54) is 0 Å². The Hall–Kier alpha value is -1.81. The van der Waals surface area contributed by atoms with Gasteiger partial charge in [-0.2, -0.15) is 0 Å². The fraction of sp³-hybridized carbons (Fsp3) is 0.526. The highest BCUT2D eigenvalue weighted by Crippen LogP contribution is 2.29. The third-order valence-corrected chi connectivity index (χ3v) is 4.74. The summed E-state index contributed by atoms with van der Waals surface area (Å²) < 4.78 is 5.93. The van der Waals surface area contributed by atoms with E-state index in [2.05, 4.69) is 25.2 Å². The van der Waals surface area contributed by atoms with Crippen molar-refractivity contribution < 1.29 is 14.3 Å². The number of benzene rings is 1. The van der Waals surface area contributed by atoms with E-state index in [4.69, 9.17) is 4.42 Å². The summed E-state index contributed by atoms with van der Waals surface area (Å²) in [5.41, 5.74) is 1.95. The van der Waals surface area contributed by atoms with Gasteiger partial charge >= 0.3 is 5.97 Å². The van der Waals surface area contributed by atoms with E-state index in [-0.39, 0.29) is 11.8 Å². The van der Waals surface area contributed by atoms with Crippen LogP contribution in [0.1, 0.15) is 31.6 Å². The molecule has 2 aromatic rings. The maximum Gasteiger partial charge on any atom is 0.307 e. The molecule has 23 heavy (non-hydrogen) atoms. The Morgan fingerprint density at radius 2 is 2.22 bits per heavy atom. The molecule has 0 saturated carbocycles. The summed E-state index contributed by atoms with van der Waals surface area (Å²) in [5.74, 6) is 0.706. The van der Waals surface area contributed by atoms with Crippen LogP contribution in [0.2, 0.25) is 0 Å². The van der Waals surface area contributed by atoms with Crippen LogP contribution in [0.25, 0.3) is 11.0 Å². The van der Waals surface area contributed by atoms with Crippen molar-refractivity contribution in [1.29, 1.82) is 0 Å². The van der Waals surface area contributed by atoms with E-state index in [1.807, 2.05) is 18.2 Å². The zero-order valence-corrected chi connectivity index (χ0v) is 13.8. The van der Waals surface area contributed by atoms with Crippen molar-refractivity contribution in [2.45, 2.75) is 33.1 Å². The van der Waals surface area contributed by atoms with Crippen LogP contribution in [-0.4, -0.2) is 24.2 Å². The van der Waals surface area contributed by atoms with Crippen LogP contribution >= 0.6 is 0 Å². The molecule has 1 fully saturated rings. The van der Waals surface area contributed by atoms with Gasteiger partial charge < -0.3 is 14.8 Å². The molecule has 3 rings (SSSR count). The molecule has 2 atom stereocenters. The molecule has 4 nitrogen and oxygen atoms in total. The summed E-state index contributed by atoms with van der Waals surface area (Å²) in [5, 5.41) is 14.0. The maximum absolute atomic E-state index is 11.7. The highest BCUT2D eigenvalue weighted by Gasteiger charge is 2.31. The second-order valence-electron chi connectivity index (χ2n) is 7.04. The Kier molecular flexibility index (Phi) is 4.71. The van der Waals surface area contributed by atoms with Crippen molar-refractivity contribution in [3.05, 3.63) is 35.6 Å². The minimum atomic E-state index is -0.693. The molecule has 124 valence electrons. The summed E-state index contributed by atoms with van der Waals surface area (Å²) in [6.45, 7) is 6.06. The highest BCUT2D eigenvalue weighted by molar-refractivity contribution is 5.82. The zero-order valence-electron chi connectivity index (χ0n) is 13.8. The maximum atomic E-state index is 11.7. The predicted octanol–water partition coefficient (Wildman–Crippen LogP) is 3.48. The van der Waals surface area contributed by atoms with Crippen LogP contribution in [0.3, 0.4) is 0 Å². The van der Waals surface area contributed by atoms with Crippen LogP contribution in [0.15, 0.2) is 28.7 Å². The summed E-state index contributed by atoms with van der Waals surface area (Å²) in [6, 6.07) is 8.06. The van der Waals surface area contributed by atoms with E-state index >= 15 is 0 Å². The van der Waals surface area contributed by atoms with Crippen molar-refractivity contribution >= 4 is 16.9 Å². The average Bonchev–Trinajstić information content (AvgIpc) is 3.12. The number of aliphatic carboxylic acids is 1. The minimum Gasteiger partial charge on any atom is -0.481 e. The molecule has 0 radical (unpaired) electrons. The molecular formula is C19H25NO3. The molecule has 1 aromatic heterocycles. The van der Waals surface area contributed by atoms with E-state index < -0.39 is 5.97 Å². The fourth-order valence-electron chi connectivity index (χ4n) is 3.57. The van der Waals surface area contributed by atoms with E-state index in [0.29, 0.717) is 12.3 Å². The quantitative estimate of drug-likeness (QED) is 0.856. The number of rotatable bonds is 6. The largest absolute Gasteiger partial charge is 0.481 e. The Bertz CT molecular complexity index is 683. The zero-order chi connectivity index (χ0) is 16.4. The summed E-state index contributed by atoms with van der Waals surface area (Å²) >= 11 is 0. The molecule has 2 N–H and O–H groups in total. The standard InChI is InChI=1S/C19H25NO3/c1-12(2)8-15-10-16-13(4-3-5-18(16)23-15)9-17(19(21)22)14-6-7-20-11-14/h3-5,10,12,14,17,20H,6-9,11H2,1-2H3,(H,21,22)/t14-,17-/m0/s1. The molecule has 1 aromatic carbocycles. The average molecular weight is 315 g/mol. The second-order valence-corrected chi connectivity index (χ2v) is 7.04. The lowest BCUT2D eigenvalue weighted by Gasteiger charge is -2.18. The molecule has 2 heterocycles. The molecule has 0 spiro atoms. The van der Waals surface area contributed by atoms with Gasteiger partial charge in [0.15, 0.2) is 0 Å². The van der Waals surface area contributed by atoms with Gasteiger partial charge in [-0.1, -0.05) is 26.0 Å². The number of hydrogen-bond acceptors (Lipinski definition) is 3. The molecule has 1 saturated heterocycles. The predicted molar refractivity (Wildman–Crippen MR) is 90.6 cm³/mol. The van der Waals surface area contributed by atoms with E-state index in [1.54, 1.807) is 0 Å². The topological polar surface area (TPSA) is 62.5 Å². The molecule has 0 bridgehead atoms. The van der Waals surface area contributed by atoms with Gasteiger partial charge in [0.05, 0.1) is 5.92 Å². The van der Waals surface area contributed by atoms with Gasteiger partial charge in [-0.3, -0.25) is 4.79 Å². The van der Waals surface area contributed by atoms with Crippen LogP contribution in [-0.2, 0) is 17.6 Å². The van der Waals surface area contributed by atoms with Crippen LogP contribution in [0, 0.1) is 17.8 Å². The van der Waals surface area contributed by atoms with Gasteiger partial charge in [-0.05, 0) is 55.5 Å². The number of nitrogens with one attached hydrogen (secondary N) is 1. The first-order valence-corrected chi connectivity index (χ1v) is 8.48. The van der Waals surface area contributed by atoms with Gasteiger partial charge in [0.1, 0.15) is 11.3 Å². The van der Waals surface area contributed by atoms with Crippen molar-refractivity contribution in [2.24, 2.45) is 17.8 Å². The summed E-state index contributed by atoms with van der Waals surface area (Å²) in [4.78, 5) is 11.7. The van der Waals surface area contributed by atoms with Gasteiger partial charge in [0, 0.05) is 11.8 Å². The van der Waals surface area contributed by atoms with Crippen LogP contribution in [0.5, 0.6) is 0 Å². The van der Waals surface area contributed by atoms with Crippen molar-refractivity contribution in [3.63, 3.8) is 0 Å². The monoisotopic (exact) mass is 315 g/mol. The first-order valence-electron chi connectivity index (χ1n) is 8.48. The molecule has 1 aliphatic heterocycles. The molecule has 4 heteroatoms. The van der Waals surface area contributed by atoms with Gasteiger partial charge in [-0.15, -0.1) is 0 Å². The number of hydrogen-bond donors (Lipinski definition) is 2. The molecule has 0 aliphatic carbocycles. The van der Waals surface area contributed by atoms with Gasteiger partial charge in [0.25, 0.3) is 0 Å². The number of carboxylic acid groups (broad SMARTS) is 1. The SMILES string of the molecule is CC(C)Cc1cc2c(C[C@H](C(=O)O)[C@H]3CCNC3)cccc2o1. The first kappa shape index (κ1) is 16.1. The summed E-state index contributed by atoms with van der Waals surface area (Å²) in [7, 11) is 0. The number of furan rings is 1.